The fraction of sp³-hybridized carbons (Fsp3) is 0.217. The van der Waals surface area contributed by atoms with Crippen LogP contribution in [0.2, 0.25) is 0 Å². The maximum absolute atomic E-state index is 13.3. The topological polar surface area (TPSA) is 57.3 Å². The van der Waals surface area contributed by atoms with Crippen molar-refractivity contribution < 1.29 is 9.15 Å². The molecule has 4 aromatic rings. The molecule has 0 aliphatic rings. The molecular weight excluding hydrogens is 352 g/mol. The molecule has 0 amide bonds. The Labute approximate surface area is 163 Å². The SMILES string of the molecule is Cc1ccc(-c2oc3cc(C)c(C)cc3c(=O)c2OCc2cnn(C)c2)cc1. The van der Waals surface area contributed by atoms with E-state index in [1.165, 1.54) is 0 Å². The predicted octanol–water partition coefficient (Wildman–Crippen LogP) is 4.70. The van der Waals surface area contributed by atoms with E-state index in [0.717, 1.165) is 27.8 Å². The maximum Gasteiger partial charge on any atom is 0.235 e. The molecule has 2 aromatic heterocycles. The van der Waals surface area contributed by atoms with Gasteiger partial charge in [-0.3, -0.25) is 9.48 Å². The molecule has 5 nitrogen and oxygen atoms in total. The summed E-state index contributed by atoms with van der Waals surface area (Å²) in [5.74, 6) is 0.674. The van der Waals surface area contributed by atoms with Gasteiger partial charge in [0.05, 0.1) is 11.6 Å². The number of ether oxygens (including phenoxy) is 1. The summed E-state index contributed by atoms with van der Waals surface area (Å²) in [7, 11) is 1.84. The van der Waals surface area contributed by atoms with E-state index in [2.05, 4.69) is 5.10 Å². The molecule has 5 heteroatoms. The van der Waals surface area contributed by atoms with Crippen molar-refractivity contribution in [3.63, 3.8) is 0 Å². The van der Waals surface area contributed by atoms with Crippen LogP contribution in [0.3, 0.4) is 0 Å². The first-order valence-corrected chi connectivity index (χ1v) is 9.18. The van der Waals surface area contributed by atoms with Crippen LogP contribution in [0.1, 0.15) is 22.3 Å². The molecule has 0 saturated carbocycles. The fourth-order valence-corrected chi connectivity index (χ4v) is 3.16. The monoisotopic (exact) mass is 374 g/mol. The molecule has 0 radical (unpaired) electrons. The summed E-state index contributed by atoms with van der Waals surface area (Å²) >= 11 is 0. The molecular formula is C23H22N2O3. The van der Waals surface area contributed by atoms with Gasteiger partial charge in [0, 0.05) is 24.4 Å². The van der Waals surface area contributed by atoms with Crippen LogP contribution in [-0.2, 0) is 13.7 Å². The van der Waals surface area contributed by atoms with Crippen LogP contribution in [0, 0.1) is 20.8 Å². The summed E-state index contributed by atoms with van der Waals surface area (Å²) in [6.07, 6.45) is 3.59. The zero-order valence-corrected chi connectivity index (χ0v) is 16.4. The van der Waals surface area contributed by atoms with Crippen molar-refractivity contribution in [2.45, 2.75) is 27.4 Å². The molecule has 0 aliphatic heterocycles. The van der Waals surface area contributed by atoms with E-state index in [9.17, 15) is 4.79 Å². The summed E-state index contributed by atoms with van der Waals surface area (Å²) in [6, 6.07) is 11.6. The van der Waals surface area contributed by atoms with Crippen molar-refractivity contribution in [2.24, 2.45) is 7.05 Å². The molecule has 0 unspecified atom stereocenters. The van der Waals surface area contributed by atoms with E-state index < -0.39 is 0 Å². The Bertz CT molecular complexity index is 1220. The fourth-order valence-electron chi connectivity index (χ4n) is 3.16. The predicted molar refractivity (Wildman–Crippen MR) is 110 cm³/mol. The number of fused-ring (bicyclic) bond motifs is 1. The minimum absolute atomic E-state index is 0.163. The second kappa shape index (κ2) is 7.00. The Morgan fingerprint density at radius 2 is 1.79 bits per heavy atom. The lowest BCUT2D eigenvalue weighted by atomic mass is 10.0. The molecule has 2 heterocycles. The Morgan fingerprint density at radius 1 is 1.07 bits per heavy atom. The zero-order valence-electron chi connectivity index (χ0n) is 16.4. The van der Waals surface area contributed by atoms with Gasteiger partial charge >= 0.3 is 0 Å². The standard InChI is InChI=1S/C23H22N2O3/c1-14-5-7-18(8-6-14)22-23(27-13-17-11-24-25(4)12-17)21(26)19-9-15(2)16(3)10-20(19)28-22/h5-12H,13H2,1-4H3. The third-order valence-corrected chi connectivity index (χ3v) is 4.92. The number of aromatic nitrogens is 2. The highest BCUT2D eigenvalue weighted by Gasteiger charge is 2.19. The number of hydrogen-bond donors (Lipinski definition) is 0. The number of hydrogen-bond acceptors (Lipinski definition) is 4. The van der Waals surface area contributed by atoms with Crippen molar-refractivity contribution in [2.75, 3.05) is 0 Å². The molecule has 0 fully saturated rings. The van der Waals surface area contributed by atoms with Crippen LogP contribution in [-0.4, -0.2) is 9.78 Å². The number of rotatable bonds is 4. The summed E-state index contributed by atoms with van der Waals surface area (Å²) in [5, 5.41) is 4.68. The lowest BCUT2D eigenvalue weighted by Crippen LogP contribution is -2.10. The van der Waals surface area contributed by atoms with Gasteiger partial charge < -0.3 is 9.15 Å². The molecule has 0 saturated heterocycles. The third-order valence-electron chi connectivity index (χ3n) is 4.92. The number of nitrogens with zero attached hydrogens (tertiary/aromatic N) is 2. The van der Waals surface area contributed by atoms with Gasteiger partial charge in [-0.25, -0.2) is 0 Å². The summed E-state index contributed by atoms with van der Waals surface area (Å²) in [5.41, 5.74) is 5.36. The largest absolute Gasteiger partial charge is 0.481 e. The molecule has 4 rings (SSSR count). The Balaban J connectivity index is 1.89. The van der Waals surface area contributed by atoms with Crippen LogP contribution < -0.4 is 10.2 Å². The average Bonchev–Trinajstić information content (AvgIpc) is 3.08. The highest BCUT2D eigenvalue weighted by molar-refractivity contribution is 5.83. The van der Waals surface area contributed by atoms with Crippen LogP contribution >= 0.6 is 0 Å². The third kappa shape index (κ3) is 3.31. The molecule has 0 bridgehead atoms. The highest BCUT2D eigenvalue weighted by Crippen LogP contribution is 2.32. The van der Waals surface area contributed by atoms with Crippen LogP contribution in [0.4, 0.5) is 0 Å². The molecule has 0 spiro atoms. The van der Waals surface area contributed by atoms with Gasteiger partial charge in [0.15, 0.2) is 5.76 Å². The minimum Gasteiger partial charge on any atom is -0.481 e. The quantitative estimate of drug-likeness (QED) is 0.520. The Morgan fingerprint density at radius 3 is 2.46 bits per heavy atom. The van der Waals surface area contributed by atoms with E-state index in [0.29, 0.717) is 16.7 Å². The van der Waals surface area contributed by atoms with E-state index in [1.54, 1.807) is 10.9 Å². The van der Waals surface area contributed by atoms with Gasteiger partial charge in [0.2, 0.25) is 11.2 Å². The van der Waals surface area contributed by atoms with Crippen molar-refractivity contribution >= 4 is 11.0 Å². The van der Waals surface area contributed by atoms with Gasteiger partial charge in [-0.2, -0.15) is 5.10 Å². The number of benzene rings is 2. The molecule has 0 aliphatic carbocycles. The van der Waals surface area contributed by atoms with Crippen LogP contribution in [0.5, 0.6) is 5.75 Å². The van der Waals surface area contributed by atoms with Gasteiger partial charge in [0.1, 0.15) is 12.2 Å². The minimum atomic E-state index is -0.163. The second-order valence-corrected chi connectivity index (χ2v) is 7.20. The lowest BCUT2D eigenvalue weighted by molar-refractivity contribution is 0.297. The van der Waals surface area contributed by atoms with Crippen molar-refractivity contribution in [3.8, 4) is 17.1 Å². The molecule has 2 aromatic carbocycles. The Kier molecular flexibility index (Phi) is 4.51. The summed E-state index contributed by atoms with van der Waals surface area (Å²) < 4.78 is 13.9. The maximum atomic E-state index is 13.3. The van der Waals surface area contributed by atoms with Crippen LogP contribution in [0.25, 0.3) is 22.3 Å². The average molecular weight is 374 g/mol. The van der Waals surface area contributed by atoms with Crippen molar-refractivity contribution in [1.29, 1.82) is 0 Å². The van der Waals surface area contributed by atoms with E-state index >= 15 is 0 Å². The Hall–Kier alpha value is -3.34. The van der Waals surface area contributed by atoms with Crippen molar-refractivity contribution in [3.05, 3.63) is 81.3 Å². The van der Waals surface area contributed by atoms with Crippen LogP contribution in [0.15, 0.2) is 58.0 Å². The normalized spacial score (nSPS) is 11.1. The molecule has 0 N–H and O–H groups in total. The molecule has 0 atom stereocenters. The highest BCUT2D eigenvalue weighted by atomic mass is 16.5. The lowest BCUT2D eigenvalue weighted by Gasteiger charge is -2.12. The first kappa shape index (κ1) is 18.0. The summed E-state index contributed by atoms with van der Waals surface area (Å²) in [6.45, 7) is 6.26. The first-order valence-electron chi connectivity index (χ1n) is 9.18. The van der Waals surface area contributed by atoms with E-state index in [1.807, 2.05) is 70.4 Å². The smallest absolute Gasteiger partial charge is 0.235 e. The van der Waals surface area contributed by atoms with Gasteiger partial charge in [0.25, 0.3) is 0 Å². The second-order valence-electron chi connectivity index (χ2n) is 7.20. The molecule has 142 valence electrons. The van der Waals surface area contributed by atoms with Crippen molar-refractivity contribution in [1.82, 2.24) is 9.78 Å². The van der Waals surface area contributed by atoms with Gasteiger partial charge in [-0.15, -0.1) is 0 Å². The van der Waals surface area contributed by atoms with E-state index in [-0.39, 0.29) is 17.8 Å². The summed E-state index contributed by atoms with van der Waals surface area (Å²) in [4.78, 5) is 13.3. The zero-order chi connectivity index (χ0) is 19.8. The van der Waals surface area contributed by atoms with Gasteiger partial charge in [-0.05, 0) is 44.0 Å². The van der Waals surface area contributed by atoms with Gasteiger partial charge in [-0.1, -0.05) is 29.8 Å². The first-order chi connectivity index (χ1) is 13.4. The molecule has 28 heavy (non-hydrogen) atoms. The number of aryl methyl sites for hydroxylation is 4. The van der Waals surface area contributed by atoms with E-state index in [4.69, 9.17) is 9.15 Å².